The molecule has 0 bridgehead atoms. The Kier molecular flexibility index (Phi) is 20.3. The van der Waals surface area contributed by atoms with E-state index in [1.807, 2.05) is 41.5 Å². The van der Waals surface area contributed by atoms with Crippen LogP contribution in [0.25, 0.3) is 0 Å². The fourth-order valence-electron chi connectivity index (χ4n) is 10.00. The summed E-state index contributed by atoms with van der Waals surface area (Å²) in [5.41, 5.74) is 0.147. The zero-order valence-corrected chi connectivity index (χ0v) is 41.7. The summed E-state index contributed by atoms with van der Waals surface area (Å²) in [5, 5.41) is 15.5. The molecular weight excluding hydrogens is 880 g/mol. The van der Waals surface area contributed by atoms with E-state index in [1.54, 1.807) is 36.9 Å². The van der Waals surface area contributed by atoms with E-state index in [0.29, 0.717) is 32.1 Å². The highest BCUT2D eigenvalue weighted by molar-refractivity contribution is 6.12. The third-order valence-corrected chi connectivity index (χ3v) is 14.2. The van der Waals surface area contributed by atoms with Crippen molar-refractivity contribution in [2.75, 3.05) is 34.9 Å². The highest BCUT2D eigenvalue weighted by Crippen LogP contribution is 2.50. The molecule has 0 radical (unpaired) electrons. The zero-order chi connectivity index (χ0) is 50.7. The van der Waals surface area contributed by atoms with Gasteiger partial charge in [-0.1, -0.05) is 79.5 Å². The number of fused-ring (bicyclic) bond motifs is 1. The second kappa shape index (κ2) is 24.9. The third-order valence-electron chi connectivity index (χ3n) is 14.2. The average Bonchev–Trinajstić information content (AvgIpc) is 3.84. The number of carbonyl (C=O) groups is 8. The Balaban J connectivity index is 1.44. The topological polar surface area (TPSA) is 212 Å². The van der Waals surface area contributed by atoms with E-state index >= 15 is 0 Å². The summed E-state index contributed by atoms with van der Waals surface area (Å²) in [6, 6.07) is 1.30. The predicted octanol–water partition coefficient (Wildman–Crippen LogP) is 3.97. The van der Waals surface area contributed by atoms with Crippen LogP contribution in [-0.4, -0.2) is 155 Å². The molecule has 1 aromatic rings. The van der Waals surface area contributed by atoms with Crippen molar-refractivity contribution < 1.29 is 57.3 Å². The molecule has 2 heterocycles. The van der Waals surface area contributed by atoms with E-state index in [1.165, 1.54) is 49.5 Å². The molecule has 1 saturated carbocycles. The number of nitrogens with one attached hydrogen (secondary N) is 2. The highest BCUT2D eigenvalue weighted by atomic mass is 19.1. The first-order valence-corrected chi connectivity index (χ1v) is 24.1. The van der Waals surface area contributed by atoms with Gasteiger partial charge < -0.3 is 39.9 Å². The maximum atomic E-state index is 14.6. The van der Waals surface area contributed by atoms with Crippen LogP contribution in [-0.2, 0) is 54.3 Å². The summed E-state index contributed by atoms with van der Waals surface area (Å²) in [6.45, 7) is 13.1. The summed E-state index contributed by atoms with van der Waals surface area (Å²) < 4.78 is 26.4. The van der Waals surface area contributed by atoms with Gasteiger partial charge in [0.05, 0.1) is 36.6 Å². The summed E-state index contributed by atoms with van der Waals surface area (Å²) in [6.07, 6.45) is 4.31. The van der Waals surface area contributed by atoms with Crippen molar-refractivity contribution in [1.29, 1.82) is 0 Å². The van der Waals surface area contributed by atoms with Crippen LogP contribution in [0.5, 0.6) is 0 Å². The molecule has 3 aliphatic rings. The van der Waals surface area contributed by atoms with Gasteiger partial charge in [-0.25, -0.2) is 9.18 Å². The average molecular weight is 955 g/mol. The minimum Gasteiger partial charge on any atom is -0.480 e. The number of methoxy groups -OCH3 is 2. The van der Waals surface area contributed by atoms with Crippen molar-refractivity contribution in [1.82, 2.24) is 30.2 Å². The fourth-order valence-corrected chi connectivity index (χ4v) is 10.00. The van der Waals surface area contributed by atoms with E-state index in [4.69, 9.17) is 9.47 Å². The molecule has 2 aliphatic heterocycles. The maximum Gasteiger partial charge on any atom is 0.326 e. The SMILES string of the molecule is CC[C@H](C)[C@@H]([C@@H](CC(=O)N1[C@H]2C[C@H]2C[C@H]1[C@H](OC)[C@@H](C)C(=O)NC(Cc1ccccc1F)C(=O)O)OC)N(C)C(=O)[C@@H](NC(=O)[C@H](C(C)C)N(C)C(=O)CCCCCN1C(=O)C=CC1=O)C(C)C. The lowest BCUT2D eigenvalue weighted by Crippen LogP contribution is -2.60. The lowest BCUT2D eigenvalue weighted by atomic mass is 9.89. The number of carboxylic acid groups (broad SMARTS) is 1. The summed E-state index contributed by atoms with van der Waals surface area (Å²) in [5.74, 6) is -6.07. The number of carbonyl (C=O) groups excluding carboxylic acids is 7. The number of halogens is 1. The zero-order valence-electron chi connectivity index (χ0n) is 41.7. The number of carboxylic acids is 1. The van der Waals surface area contributed by atoms with Gasteiger partial charge in [-0.2, -0.15) is 0 Å². The van der Waals surface area contributed by atoms with Crippen molar-refractivity contribution in [3.8, 4) is 0 Å². The number of rotatable bonds is 27. The van der Waals surface area contributed by atoms with Crippen molar-refractivity contribution >= 4 is 47.3 Å². The Labute approximate surface area is 400 Å². The lowest BCUT2D eigenvalue weighted by molar-refractivity contribution is -0.149. The Morgan fingerprint density at radius 2 is 1.50 bits per heavy atom. The van der Waals surface area contributed by atoms with Gasteiger partial charge in [-0.3, -0.25) is 38.5 Å². The molecule has 1 unspecified atom stereocenters. The summed E-state index contributed by atoms with van der Waals surface area (Å²) in [7, 11) is 6.16. The van der Waals surface area contributed by atoms with E-state index in [9.17, 15) is 47.9 Å². The minimum absolute atomic E-state index is 0.0805. The number of aliphatic carboxylic acids is 1. The number of nitrogens with zero attached hydrogens (tertiary/aromatic N) is 4. The minimum atomic E-state index is -1.40. The Morgan fingerprint density at radius 1 is 0.853 bits per heavy atom. The van der Waals surface area contributed by atoms with Crippen LogP contribution in [0, 0.1) is 35.4 Å². The van der Waals surface area contributed by atoms with Crippen LogP contribution in [0.4, 0.5) is 4.39 Å². The molecule has 1 saturated heterocycles. The van der Waals surface area contributed by atoms with Gasteiger partial charge in [0, 0.05) is 65.9 Å². The largest absolute Gasteiger partial charge is 0.480 e. The van der Waals surface area contributed by atoms with Gasteiger partial charge in [0.2, 0.25) is 29.5 Å². The van der Waals surface area contributed by atoms with Crippen molar-refractivity contribution in [2.45, 2.75) is 155 Å². The van der Waals surface area contributed by atoms with Crippen LogP contribution in [0.15, 0.2) is 36.4 Å². The lowest BCUT2D eigenvalue weighted by Gasteiger charge is -2.41. The summed E-state index contributed by atoms with van der Waals surface area (Å²) >= 11 is 0. The Bertz CT molecular complexity index is 2000. The highest BCUT2D eigenvalue weighted by Gasteiger charge is 2.57. The molecule has 1 aliphatic carbocycles. The molecular formula is C50H75FN6O11. The molecule has 17 nitrogen and oxygen atoms in total. The van der Waals surface area contributed by atoms with E-state index in [2.05, 4.69) is 10.6 Å². The number of likely N-dealkylation sites (N-methyl/N-ethyl adjacent to an activating group) is 2. The second-order valence-corrected chi connectivity index (χ2v) is 19.6. The molecule has 378 valence electrons. The number of benzene rings is 1. The van der Waals surface area contributed by atoms with Crippen LogP contribution >= 0.6 is 0 Å². The van der Waals surface area contributed by atoms with Gasteiger partial charge in [-0.05, 0) is 61.0 Å². The Morgan fingerprint density at radius 3 is 2.06 bits per heavy atom. The first kappa shape index (κ1) is 55.4. The van der Waals surface area contributed by atoms with Gasteiger partial charge in [0.15, 0.2) is 0 Å². The van der Waals surface area contributed by atoms with Crippen LogP contribution < -0.4 is 10.6 Å². The number of likely N-dealkylation sites (tertiary alicyclic amines) is 1. The molecule has 7 amide bonds. The van der Waals surface area contributed by atoms with Gasteiger partial charge in [0.1, 0.15) is 23.9 Å². The van der Waals surface area contributed by atoms with E-state index in [-0.39, 0.29) is 90.6 Å². The maximum absolute atomic E-state index is 14.6. The van der Waals surface area contributed by atoms with Crippen molar-refractivity contribution in [2.24, 2.45) is 29.6 Å². The second-order valence-electron chi connectivity index (χ2n) is 19.6. The standard InChI is InChI=1S/C50H75FN6O11/c1-12-30(6)45(55(9)49(64)43(28(2)3)53-48(63)44(29(4)5)54(8)39(58)20-14-13-17-23-56-40(59)21-22-41(56)60)38(67-10)27-42(61)57-36-25-33(36)26-37(57)46(68-11)31(7)47(62)52-35(50(65)66)24-32-18-15-16-19-34(32)51/h15-16,18-19,21-22,28-31,33,35-38,43-46H,12-14,17,20,23-27H2,1-11H3,(H,52,62)(H,53,63)(H,65,66)/t30-,31+,33-,35?,36-,37-,38+,43-,44-,45-,46+/m0/s1. The van der Waals surface area contributed by atoms with E-state index in [0.717, 1.165) is 11.3 Å². The van der Waals surface area contributed by atoms with Crippen LogP contribution in [0.3, 0.4) is 0 Å². The molecule has 68 heavy (non-hydrogen) atoms. The molecule has 4 rings (SSSR count). The van der Waals surface area contributed by atoms with Gasteiger partial charge >= 0.3 is 5.97 Å². The third kappa shape index (κ3) is 13.5. The monoisotopic (exact) mass is 955 g/mol. The fraction of sp³-hybridized carbons (Fsp3) is 0.680. The predicted molar refractivity (Wildman–Crippen MR) is 251 cm³/mol. The number of imide groups is 1. The number of hydrogen-bond acceptors (Lipinski definition) is 10. The summed E-state index contributed by atoms with van der Waals surface area (Å²) in [4.78, 5) is 112. The normalized spacial score (nSPS) is 21.1. The molecule has 1 aromatic carbocycles. The van der Waals surface area contributed by atoms with Crippen molar-refractivity contribution in [3.63, 3.8) is 0 Å². The van der Waals surface area contributed by atoms with Gasteiger partial charge in [0.25, 0.3) is 11.8 Å². The van der Waals surface area contributed by atoms with Gasteiger partial charge in [-0.15, -0.1) is 0 Å². The molecule has 3 N–H and O–H groups in total. The molecule has 18 heteroatoms. The van der Waals surface area contributed by atoms with Crippen LogP contribution in [0.2, 0.25) is 0 Å². The number of amides is 7. The van der Waals surface area contributed by atoms with E-state index < -0.39 is 71.9 Å². The molecule has 2 fully saturated rings. The first-order chi connectivity index (χ1) is 32.1. The molecule has 0 aromatic heterocycles. The molecule has 0 spiro atoms. The number of piperidine rings is 1. The smallest absolute Gasteiger partial charge is 0.326 e. The Hall–Kier alpha value is -5.23. The quantitative estimate of drug-likeness (QED) is 0.0849. The first-order valence-electron chi connectivity index (χ1n) is 24.1. The molecule has 11 atom stereocenters. The number of ether oxygens (including phenoxy) is 2. The van der Waals surface area contributed by atoms with Crippen molar-refractivity contribution in [3.05, 3.63) is 47.8 Å². The number of hydrogen-bond donors (Lipinski definition) is 3. The van der Waals surface area contributed by atoms with Crippen LogP contribution in [0.1, 0.15) is 105 Å². The number of unbranched alkanes of at least 4 members (excludes halogenated alkanes) is 2.